The molecule has 0 amide bonds. The number of hydrogen-bond donors (Lipinski definition) is 3. The Balaban J connectivity index is 5.19. The number of carbonyl (C=O) groups excluding carboxylic acids is 4. The second-order valence-corrected chi connectivity index (χ2v) is 33.3. The van der Waals surface area contributed by atoms with E-state index < -0.39 is 97.5 Å². The van der Waals surface area contributed by atoms with Gasteiger partial charge >= 0.3 is 39.5 Å². The standard InChI is InChI=1S/C83H162O17P2/c1-6-9-12-15-18-21-24-26-28-30-32-34-36-38-40-42-44-47-53-58-63-68-82(87)99-78(72-94-81(86)67-62-57-52-46-43-41-39-37-35-33-31-29-27-25-22-19-16-13-10-7-2)74-97-101(89,90)95-70-77(84)71-96-102(91,92)98-75-79(73-93-80(85)66-61-56-51-45-23-20-17-14-11-8-3)100-83(88)69-64-59-54-49-48-50-55-60-65-76(4)5/h76-79,84H,6-75H2,1-5H3,(H,89,90)(H,91,92)/t77-,78-,79-/m1/s1. The molecule has 0 aromatic carbocycles. The van der Waals surface area contributed by atoms with E-state index in [0.29, 0.717) is 25.7 Å². The van der Waals surface area contributed by atoms with E-state index in [9.17, 15) is 43.2 Å². The summed E-state index contributed by atoms with van der Waals surface area (Å²) in [6.45, 7) is 7.28. The van der Waals surface area contributed by atoms with E-state index in [-0.39, 0.29) is 25.7 Å². The molecule has 17 nitrogen and oxygen atoms in total. The molecule has 0 bridgehead atoms. The molecule has 102 heavy (non-hydrogen) atoms. The maximum Gasteiger partial charge on any atom is 0.472 e. The molecule has 2 unspecified atom stereocenters. The molecule has 0 aliphatic heterocycles. The lowest BCUT2D eigenvalue weighted by Gasteiger charge is -2.21. The van der Waals surface area contributed by atoms with Crippen molar-refractivity contribution in [1.29, 1.82) is 0 Å². The van der Waals surface area contributed by atoms with Gasteiger partial charge < -0.3 is 33.8 Å². The zero-order valence-electron chi connectivity index (χ0n) is 66.8. The average Bonchev–Trinajstić information content (AvgIpc) is 0.923. The molecular weight excluding hydrogens is 1330 g/mol. The second kappa shape index (κ2) is 75.9. The number of hydrogen-bond acceptors (Lipinski definition) is 15. The van der Waals surface area contributed by atoms with Crippen LogP contribution in [0.2, 0.25) is 0 Å². The Hall–Kier alpha value is -1.94. The first-order chi connectivity index (χ1) is 49.5. The Bertz CT molecular complexity index is 1940. The molecule has 0 saturated carbocycles. The van der Waals surface area contributed by atoms with Gasteiger partial charge in [-0.3, -0.25) is 37.3 Å². The molecule has 3 N–H and O–H groups in total. The van der Waals surface area contributed by atoms with Gasteiger partial charge in [0.1, 0.15) is 19.3 Å². The third-order valence-electron chi connectivity index (χ3n) is 19.5. The summed E-state index contributed by atoms with van der Waals surface area (Å²) < 4.78 is 68.7. The van der Waals surface area contributed by atoms with Gasteiger partial charge in [-0.25, -0.2) is 9.13 Å². The van der Waals surface area contributed by atoms with E-state index in [2.05, 4.69) is 34.6 Å². The smallest absolute Gasteiger partial charge is 0.462 e. The van der Waals surface area contributed by atoms with Crippen LogP contribution in [0.4, 0.5) is 0 Å². The lowest BCUT2D eigenvalue weighted by atomic mass is 10.0. The number of phosphoric acid groups is 2. The highest BCUT2D eigenvalue weighted by Crippen LogP contribution is 2.45. The summed E-state index contributed by atoms with van der Waals surface area (Å²) in [4.78, 5) is 73.0. The second-order valence-electron chi connectivity index (χ2n) is 30.3. The highest BCUT2D eigenvalue weighted by molar-refractivity contribution is 7.47. The zero-order valence-corrected chi connectivity index (χ0v) is 68.5. The fraction of sp³-hybridized carbons (Fsp3) is 0.952. The van der Waals surface area contributed by atoms with Gasteiger partial charge in [-0.1, -0.05) is 394 Å². The van der Waals surface area contributed by atoms with Crippen LogP contribution in [0.25, 0.3) is 0 Å². The van der Waals surface area contributed by atoms with Crippen LogP contribution in [0.5, 0.6) is 0 Å². The summed E-state index contributed by atoms with van der Waals surface area (Å²) in [6.07, 6.45) is 68.3. The van der Waals surface area contributed by atoms with Gasteiger partial charge in [0, 0.05) is 25.7 Å². The fourth-order valence-corrected chi connectivity index (χ4v) is 14.5. The van der Waals surface area contributed by atoms with Crippen molar-refractivity contribution in [3.63, 3.8) is 0 Å². The fourth-order valence-electron chi connectivity index (χ4n) is 12.9. The third kappa shape index (κ3) is 76.3. The normalized spacial score (nSPS) is 13.8. The quantitative estimate of drug-likeness (QED) is 0.0222. The third-order valence-corrected chi connectivity index (χ3v) is 21.4. The molecule has 0 fully saturated rings. The van der Waals surface area contributed by atoms with Crippen LogP contribution in [0, 0.1) is 5.92 Å². The van der Waals surface area contributed by atoms with Gasteiger partial charge in [-0.15, -0.1) is 0 Å². The van der Waals surface area contributed by atoms with Crippen molar-refractivity contribution in [1.82, 2.24) is 0 Å². The minimum absolute atomic E-state index is 0.105. The van der Waals surface area contributed by atoms with Crippen molar-refractivity contribution in [3.05, 3.63) is 0 Å². The maximum atomic E-state index is 13.1. The first-order valence-corrected chi connectivity index (χ1v) is 46.1. The molecule has 0 aromatic rings. The Kier molecular flexibility index (Phi) is 74.4. The van der Waals surface area contributed by atoms with Gasteiger partial charge in [0.2, 0.25) is 0 Å². The Morgan fingerprint density at radius 3 is 0.667 bits per heavy atom. The van der Waals surface area contributed by atoms with E-state index in [4.69, 9.17) is 37.0 Å². The molecule has 0 aliphatic rings. The highest BCUT2D eigenvalue weighted by atomic mass is 31.2. The molecule has 0 aliphatic carbocycles. The summed E-state index contributed by atoms with van der Waals surface area (Å²) in [7, 11) is -9.92. The summed E-state index contributed by atoms with van der Waals surface area (Å²) in [6, 6.07) is 0. The average molecular weight is 1490 g/mol. The van der Waals surface area contributed by atoms with Crippen LogP contribution >= 0.6 is 15.6 Å². The van der Waals surface area contributed by atoms with Crippen LogP contribution in [-0.4, -0.2) is 96.7 Å². The van der Waals surface area contributed by atoms with Gasteiger partial charge in [0.25, 0.3) is 0 Å². The van der Waals surface area contributed by atoms with Crippen molar-refractivity contribution in [3.8, 4) is 0 Å². The van der Waals surface area contributed by atoms with Crippen molar-refractivity contribution < 1.29 is 80.2 Å². The van der Waals surface area contributed by atoms with E-state index in [1.165, 1.54) is 270 Å². The topological polar surface area (TPSA) is 237 Å². The number of carbonyl (C=O) groups is 4. The van der Waals surface area contributed by atoms with Crippen molar-refractivity contribution >= 4 is 39.5 Å². The maximum absolute atomic E-state index is 13.1. The predicted molar refractivity (Wildman–Crippen MR) is 418 cm³/mol. The van der Waals surface area contributed by atoms with Crippen LogP contribution in [0.1, 0.15) is 446 Å². The van der Waals surface area contributed by atoms with E-state index in [1.54, 1.807) is 0 Å². The van der Waals surface area contributed by atoms with Gasteiger partial charge in [-0.05, 0) is 31.6 Å². The SMILES string of the molecule is CCCCCCCCCCCCCCCCCCCCCCCC(=O)O[C@H](COC(=O)CCCCCCCCCCCCCCCCCCCCCC)COP(=O)(O)OC[C@@H](O)COP(=O)(O)OC[C@@H](COC(=O)CCCCCCCCCCCC)OC(=O)CCCCCCCCCCC(C)C. The van der Waals surface area contributed by atoms with E-state index in [0.717, 1.165) is 95.8 Å². The van der Waals surface area contributed by atoms with Crippen molar-refractivity contribution in [2.45, 2.75) is 464 Å². The Labute approximate surface area is 626 Å². The molecule has 0 heterocycles. The van der Waals surface area contributed by atoms with Crippen LogP contribution in [0.3, 0.4) is 0 Å². The molecule has 0 spiro atoms. The van der Waals surface area contributed by atoms with Crippen LogP contribution in [0.15, 0.2) is 0 Å². The number of esters is 4. The molecule has 0 aromatic heterocycles. The van der Waals surface area contributed by atoms with Gasteiger partial charge in [0.05, 0.1) is 26.4 Å². The molecule has 606 valence electrons. The summed E-state index contributed by atoms with van der Waals surface area (Å²) in [5.41, 5.74) is 0. The summed E-state index contributed by atoms with van der Waals surface area (Å²) in [5.74, 6) is -1.39. The van der Waals surface area contributed by atoms with Crippen molar-refractivity contribution in [2.75, 3.05) is 39.6 Å². The first kappa shape index (κ1) is 100. The highest BCUT2D eigenvalue weighted by Gasteiger charge is 2.30. The monoisotopic (exact) mass is 1490 g/mol. The van der Waals surface area contributed by atoms with Crippen LogP contribution < -0.4 is 0 Å². The molecule has 19 heteroatoms. The number of ether oxygens (including phenoxy) is 4. The van der Waals surface area contributed by atoms with Crippen molar-refractivity contribution in [2.24, 2.45) is 5.92 Å². The number of rotatable bonds is 83. The zero-order chi connectivity index (χ0) is 74.8. The summed E-state index contributed by atoms with van der Waals surface area (Å²) in [5, 5.41) is 10.6. The van der Waals surface area contributed by atoms with E-state index in [1.807, 2.05) is 0 Å². The summed E-state index contributed by atoms with van der Waals surface area (Å²) >= 11 is 0. The molecule has 0 rings (SSSR count). The van der Waals surface area contributed by atoms with Crippen LogP contribution in [-0.2, 0) is 65.4 Å². The van der Waals surface area contributed by atoms with Gasteiger partial charge in [0.15, 0.2) is 12.2 Å². The minimum atomic E-state index is -4.96. The number of aliphatic hydroxyl groups is 1. The predicted octanol–water partition coefficient (Wildman–Crippen LogP) is 25.2. The lowest BCUT2D eigenvalue weighted by molar-refractivity contribution is -0.161. The molecule has 0 radical (unpaired) electrons. The lowest BCUT2D eigenvalue weighted by Crippen LogP contribution is -2.30. The number of unbranched alkanes of at least 4 members (excludes halogenated alkanes) is 55. The molecule has 5 atom stereocenters. The molecular formula is C83H162O17P2. The van der Waals surface area contributed by atoms with Gasteiger partial charge in [-0.2, -0.15) is 0 Å². The van der Waals surface area contributed by atoms with E-state index >= 15 is 0 Å². The Morgan fingerprint density at radius 1 is 0.265 bits per heavy atom. The first-order valence-electron chi connectivity index (χ1n) is 43.1. The largest absolute Gasteiger partial charge is 0.472 e. The number of aliphatic hydroxyl groups excluding tert-OH is 1. The minimum Gasteiger partial charge on any atom is -0.462 e. The molecule has 0 saturated heterocycles. The Morgan fingerprint density at radius 2 is 0.451 bits per heavy atom. The number of phosphoric ester groups is 2.